The van der Waals surface area contributed by atoms with Crippen molar-refractivity contribution in [2.75, 3.05) is 11.4 Å². The molecule has 2 fully saturated rings. The number of ether oxygens (including phenoxy) is 1. The van der Waals surface area contributed by atoms with Crippen LogP contribution in [-0.2, 0) is 20.7 Å². The van der Waals surface area contributed by atoms with Crippen LogP contribution in [0.3, 0.4) is 0 Å². The SMILES string of the molecule is C[C@H]1CN2c3c(F)cc(C(=O)O)cc3CC3(C(=O)NC(=O)NC3=O)[C@@H]2[C@@H](C)O1. The Labute approximate surface area is 158 Å². The number of carboxylic acid groups (broad SMARTS) is 1. The lowest BCUT2D eigenvalue weighted by Crippen LogP contribution is -2.75. The van der Waals surface area contributed by atoms with Crippen molar-refractivity contribution in [3.63, 3.8) is 0 Å². The molecule has 10 heteroatoms. The van der Waals surface area contributed by atoms with Crippen LogP contribution in [0.2, 0.25) is 0 Å². The van der Waals surface area contributed by atoms with Crippen LogP contribution in [0.5, 0.6) is 0 Å². The monoisotopic (exact) mass is 391 g/mol. The molecule has 148 valence electrons. The third-order valence-corrected chi connectivity index (χ3v) is 5.60. The number of fused-ring (bicyclic) bond motifs is 4. The van der Waals surface area contributed by atoms with Crippen molar-refractivity contribution in [2.45, 2.75) is 38.5 Å². The summed E-state index contributed by atoms with van der Waals surface area (Å²) in [6.45, 7) is 3.66. The number of barbiturate groups is 1. The molecule has 2 saturated heterocycles. The third-order valence-electron chi connectivity index (χ3n) is 5.60. The Morgan fingerprint density at radius 3 is 2.50 bits per heavy atom. The summed E-state index contributed by atoms with van der Waals surface area (Å²) in [6.07, 6.45) is -1.20. The molecule has 0 unspecified atom stereocenters. The van der Waals surface area contributed by atoms with Gasteiger partial charge in [-0.1, -0.05) is 0 Å². The predicted octanol–water partition coefficient (Wildman–Crippen LogP) is 0.415. The molecule has 28 heavy (non-hydrogen) atoms. The van der Waals surface area contributed by atoms with Gasteiger partial charge in [0.05, 0.1) is 29.5 Å². The molecule has 9 nitrogen and oxygen atoms in total. The van der Waals surface area contributed by atoms with Crippen LogP contribution in [0.4, 0.5) is 14.9 Å². The lowest BCUT2D eigenvalue weighted by atomic mass is 9.66. The number of hydrogen-bond donors (Lipinski definition) is 3. The average Bonchev–Trinajstić information content (AvgIpc) is 2.58. The highest BCUT2D eigenvalue weighted by Gasteiger charge is 2.63. The Hall–Kier alpha value is -3.01. The van der Waals surface area contributed by atoms with Gasteiger partial charge in [0.2, 0.25) is 11.8 Å². The van der Waals surface area contributed by atoms with Gasteiger partial charge in [-0.05, 0) is 31.5 Å². The molecule has 0 bridgehead atoms. The number of amides is 4. The molecule has 0 saturated carbocycles. The molecule has 0 aromatic heterocycles. The van der Waals surface area contributed by atoms with E-state index in [1.165, 1.54) is 6.07 Å². The first-order valence-electron chi connectivity index (χ1n) is 8.80. The molecule has 0 aliphatic carbocycles. The lowest BCUT2D eigenvalue weighted by Gasteiger charge is -2.55. The van der Waals surface area contributed by atoms with Crippen molar-refractivity contribution in [1.29, 1.82) is 0 Å². The number of imide groups is 2. The number of morpholine rings is 1. The quantitative estimate of drug-likeness (QED) is 0.592. The van der Waals surface area contributed by atoms with Crippen LogP contribution in [-0.4, -0.2) is 53.7 Å². The standard InChI is InChI=1S/C18H18FN3O6/c1-7-6-22-12-10(3-9(14(23)24)4-11(12)19)5-18(13(22)8(2)28-7)15(25)20-17(27)21-16(18)26/h3-4,7-8,13H,5-6H2,1-2H3,(H,23,24)(H2,20,21,25,26,27)/t7-,8+,13-/m0/s1. The zero-order valence-corrected chi connectivity index (χ0v) is 15.1. The third kappa shape index (κ3) is 2.40. The van der Waals surface area contributed by atoms with Gasteiger partial charge in [0.15, 0.2) is 5.41 Å². The number of carbonyl (C=O) groups is 4. The highest BCUT2D eigenvalue weighted by Crippen LogP contribution is 2.47. The van der Waals surface area contributed by atoms with Crippen molar-refractivity contribution < 1.29 is 33.4 Å². The number of nitrogens with zero attached hydrogens (tertiary/aromatic N) is 1. The summed E-state index contributed by atoms with van der Waals surface area (Å²) < 4.78 is 20.7. The molecule has 3 atom stereocenters. The predicted molar refractivity (Wildman–Crippen MR) is 92.3 cm³/mol. The van der Waals surface area contributed by atoms with E-state index < -0.39 is 47.2 Å². The van der Waals surface area contributed by atoms with Crippen LogP contribution in [0.25, 0.3) is 0 Å². The summed E-state index contributed by atoms with van der Waals surface area (Å²) in [5.41, 5.74) is -1.68. The number of urea groups is 1. The molecular formula is C18H18FN3O6. The number of halogens is 1. The van der Waals surface area contributed by atoms with Crippen LogP contribution in [0.15, 0.2) is 12.1 Å². The van der Waals surface area contributed by atoms with Gasteiger partial charge >= 0.3 is 12.0 Å². The fraction of sp³-hybridized carbons (Fsp3) is 0.444. The van der Waals surface area contributed by atoms with Gasteiger partial charge in [0.25, 0.3) is 0 Å². The average molecular weight is 391 g/mol. The van der Waals surface area contributed by atoms with E-state index in [-0.39, 0.29) is 35.9 Å². The minimum Gasteiger partial charge on any atom is -0.478 e. The van der Waals surface area contributed by atoms with Crippen molar-refractivity contribution >= 4 is 29.5 Å². The minimum atomic E-state index is -1.76. The first-order valence-corrected chi connectivity index (χ1v) is 8.80. The number of carboxylic acids is 1. The number of carbonyl (C=O) groups excluding carboxylic acids is 3. The highest BCUT2D eigenvalue weighted by atomic mass is 19.1. The molecule has 3 N–H and O–H groups in total. The molecule has 3 heterocycles. The second-order valence-corrected chi connectivity index (χ2v) is 7.41. The number of anilines is 1. The first-order chi connectivity index (χ1) is 13.1. The van der Waals surface area contributed by atoms with E-state index in [0.29, 0.717) is 0 Å². The summed E-state index contributed by atoms with van der Waals surface area (Å²) in [5.74, 6) is -3.70. The minimum absolute atomic E-state index is 0.153. The Bertz CT molecular complexity index is 912. The van der Waals surface area contributed by atoms with Crippen LogP contribution >= 0.6 is 0 Å². The molecular weight excluding hydrogens is 373 g/mol. The van der Waals surface area contributed by atoms with Gasteiger partial charge in [0.1, 0.15) is 5.82 Å². The van der Waals surface area contributed by atoms with Crippen molar-refractivity contribution in [1.82, 2.24) is 10.6 Å². The first kappa shape index (κ1) is 18.4. The Kier molecular flexibility index (Phi) is 3.93. The van der Waals surface area contributed by atoms with Crippen molar-refractivity contribution in [2.24, 2.45) is 5.41 Å². The van der Waals surface area contributed by atoms with Gasteiger partial charge in [-0.25, -0.2) is 14.0 Å². The Morgan fingerprint density at radius 2 is 1.89 bits per heavy atom. The summed E-state index contributed by atoms with van der Waals surface area (Å²) in [5, 5.41) is 13.5. The van der Waals surface area contributed by atoms with E-state index in [0.717, 1.165) is 6.07 Å². The summed E-state index contributed by atoms with van der Waals surface area (Å²) in [7, 11) is 0. The molecule has 1 aromatic rings. The van der Waals surface area contributed by atoms with Crippen LogP contribution in [0, 0.1) is 11.2 Å². The maximum Gasteiger partial charge on any atom is 0.335 e. The van der Waals surface area contributed by atoms with E-state index >= 15 is 0 Å². The second kappa shape index (κ2) is 5.99. The van der Waals surface area contributed by atoms with Gasteiger partial charge in [0, 0.05) is 13.0 Å². The molecule has 1 spiro atoms. The van der Waals surface area contributed by atoms with Crippen LogP contribution in [0.1, 0.15) is 29.8 Å². The van der Waals surface area contributed by atoms with Crippen molar-refractivity contribution in [3.8, 4) is 0 Å². The van der Waals surface area contributed by atoms with Gasteiger partial charge in [-0.15, -0.1) is 0 Å². The number of aromatic carboxylic acids is 1. The van der Waals surface area contributed by atoms with E-state index in [1.807, 2.05) is 0 Å². The maximum atomic E-state index is 14.9. The fourth-order valence-corrected chi connectivity index (χ4v) is 4.66. The van der Waals surface area contributed by atoms with Crippen molar-refractivity contribution in [3.05, 3.63) is 29.1 Å². The van der Waals surface area contributed by atoms with Crippen LogP contribution < -0.4 is 15.5 Å². The highest BCUT2D eigenvalue weighted by molar-refractivity contribution is 6.20. The summed E-state index contributed by atoms with van der Waals surface area (Å²) in [4.78, 5) is 50.4. The van der Waals surface area contributed by atoms with E-state index in [1.54, 1.807) is 18.7 Å². The molecule has 4 amide bonds. The zero-order valence-electron chi connectivity index (χ0n) is 15.1. The zero-order chi connectivity index (χ0) is 20.4. The molecule has 3 aliphatic rings. The van der Waals surface area contributed by atoms with Gasteiger partial charge in [-0.3, -0.25) is 20.2 Å². The smallest absolute Gasteiger partial charge is 0.335 e. The Morgan fingerprint density at radius 1 is 1.25 bits per heavy atom. The molecule has 3 aliphatic heterocycles. The number of benzene rings is 1. The fourth-order valence-electron chi connectivity index (χ4n) is 4.66. The van der Waals surface area contributed by atoms with Gasteiger partial charge in [-0.2, -0.15) is 0 Å². The lowest BCUT2D eigenvalue weighted by molar-refractivity contribution is -0.153. The molecule has 0 radical (unpaired) electrons. The largest absolute Gasteiger partial charge is 0.478 e. The molecule has 1 aromatic carbocycles. The summed E-state index contributed by atoms with van der Waals surface area (Å²) in [6, 6.07) is 0.391. The number of nitrogens with one attached hydrogen (secondary N) is 2. The number of rotatable bonds is 1. The second-order valence-electron chi connectivity index (χ2n) is 7.41. The summed E-state index contributed by atoms with van der Waals surface area (Å²) >= 11 is 0. The molecule has 4 rings (SSSR count). The Balaban J connectivity index is 1.96. The maximum absolute atomic E-state index is 14.9. The topological polar surface area (TPSA) is 125 Å². The normalized spacial score (nSPS) is 28.3. The number of hydrogen-bond acceptors (Lipinski definition) is 6. The van der Waals surface area contributed by atoms with E-state index in [9.17, 15) is 28.7 Å². The van der Waals surface area contributed by atoms with E-state index in [2.05, 4.69) is 10.6 Å². The van der Waals surface area contributed by atoms with Gasteiger partial charge < -0.3 is 14.7 Å². The van der Waals surface area contributed by atoms with E-state index in [4.69, 9.17) is 4.74 Å².